The number of benzene rings is 2. The van der Waals surface area contributed by atoms with Crippen molar-refractivity contribution in [1.29, 1.82) is 0 Å². The second-order valence-electron chi connectivity index (χ2n) is 4.56. The van der Waals surface area contributed by atoms with Crippen LogP contribution in [0.4, 0.5) is 18.9 Å². The van der Waals surface area contributed by atoms with Crippen LogP contribution in [0.1, 0.15) is 12.5 Å². The van der Waals surface area contributed by atoms with Crippen molar-refractivity contribution in [3.8, 4) is 11.5 Å². The first-order valence-electron chi connectivity index (χ1n) is 6.68. The van der Waals surface area contributed by atoms with Gasteiger partial charge < -0.3 is 9.47 Å². The Labute approximate surface area is 131 Å². The number of ether oxygens (including phenoxy) is 2. The molecule has 0 aliphatic rings. The molecule has 0 aliphatic carbocycles. The van der Waals surface area contributed by atoms with Crippen LogP contribution in [-0.4, -0.2) is 19.4 Å². The Bertz CT molecular complexity index is 688. The van der Waals surface area contributed by atoms with Gasteiger partial charge in [0.15, 0.2) is 11.5 Å². The van der Waals surface area contributed by atoms with Crippen LogP contribution < -0.4 is 14.9 Å². The van der Waals surface area contributed by atoms with E-state index in [1.807, 2.05) is 0 Å². The van der Waals surface area contributed by atoms with Gasteiger partial charge in [0.1, 0.15) is 5.82 Å². The standard InChI is InChI=1S/C16H15F3N2O2/c1-10(20-21-13-6-4-12(17)5-7-13)11-3-8-14(23-16(18)19)15(9-11)22-2/h3-9,16,21H,1-2H3/b20-10-. The molecule has 0 unspecified atom stereocenters. The molecule has 2 aromatic rings. The van der Waals surface area contributed by atoms with Crippen LogP contribution in [0.5, 0.6) is 11.5 Å². The van der Waals surface area contributed by atoms with Gasteiger partial charge in [-0.15, -0.1) is 0 Å². The molecule has 1 N–H and O–H groups in total. The minimum Gasteiger partial charge on any atom is -0.493 e. The zero-order valence-electron chi connectivity index (χ0n) is 12.5. The van der Waals surface area contributed by atoms with Crippen LogP contribution >= 0.6 is 0 Å². The van der Waals surface area contributed by atoms with Crippen LogP contribution in [0.2, 0.25) is 0 Å². The molecular weight excluding hydrogens is 309 g/mol. The van der Waals surface area contributed by atoms with Crippen LogP contribution in [0.3, 0.4) is 0 Å². The number of hydrogen-bond acceptors (Lipinski definition) is 4. The number of anilines is 1. The predicted octanol–water partition coefficient (Wildman–Crippen LogP) is 4.27. The molecule has 0 fully saturated rings. The highest BCUT2D eigenvalue weighted by Gasteiger charge is 2.12. The third-order valence-electron chi connectivity index (χ3n) is 2.99. The number of rotatable bonds is 6. The van der Waals surface area contributed by atoms with Crippen molar-refractivity contribution in [2.24, 2.45) is 5.10 Å². The molecule has 2 rings (SSSR count). The molecule has 0 atom stereocenters. The van der Waals surface area contributed by atoms with E-state index in [2.05, 4.69) is 15.3 Å². The maximum Gasteiger partial charge on any atom is 0.387 e. The van der Waals surface area contributed by atoms with E-state index in [0.29, 0.717) is 17.0 Å². The highest BCUT2D eigenvalue weighted by Crippen LogP contribution is 2.29. The summed E-state index contributed by atoms with van der Waals surface area (Å²) in [5.74, 6) is -0.208. The number of hydrogen-bond donors (Lipinski definition) is 1. The van der Waals surface area contributed by atoms with Gasteiger partial charge >= 0.3 is 6.61 Å². The van der Waals surface area contributed by atoms with E-state index in [0.717, 1.165) is 0 Å². The molecule has 122 valence electrons. The zero-order chi connectivity index (χ0) is 16.8. The minimum absolute atomic E-state index is 0.0504. The van der Waals surface area contributed by atoms with Crippen molar-refractivity contribution in [3.63, 3.8) is 0 Å². The van der Waals surface area contributed by atoms with Gasteiger partial charge in [0, 0.05) is 5.56 Å². The molecule has 0 spiro atoms. The number of halogens is 3. The van der Waals surface area contributed by atoms with Crippen molar-refractivity contribution in [1.82, 2.24) is 0 Å². The fraction of sp³-hybridized carbons (Fsp3) is 0.188. The Morgan fingerprint density at radius 1 is 1.09 bits per heavy atom. The molecule has 2 aromatic carbocycles. The lowest BCUT2D eigenvalue weighted by Crippen LogP contribution is -2.05. The molecule has 0 heterocycles. The van der Waals surface area contributed by atoms with E-state index in [9.17, 15) is 13.2 Å². The van der Waals surface area contributed by atoms with E-state index in [1.54, 1.807) is 31.2 Å². The van der Waals surface area contributed by atoms with Gasteiger partial charge in [-0.05, 0) is 49.4 Å². The first-order valence-corrected chi connectivity index (χ1v) is 6.68. The Balaban J connectivity index is 2.16. The molecule has 23 heavy (non-hydrogen) atoms. The van der Waals surface area contributed by atoms with E-state index >= 15 is 0 Å². The molecule has 0 aliphatic heterocycles. The summed E-state index contributed by atoms with van der Waals surface area (Å²) in [7, 11) is 1.36. The fourth-order valence-electron chi connectivity index (χ4n) is 1.82. The largest absolute Gasteiger partial charge is 0.493 e. The summed E-state index contributed by atoms with van der Waals surface area (Å²) in [4.78, 5) is 0. The van der Waals surface area contributed by atoms with E-state index in [1.165, 1.54) is 25.3 Å². The summed E-state index contributed by atoms with van der Waals surface area (Å²) >= 11 is 0. The minimum atomic E-state index is -2.93. The number of alkyl halides is 2. The lowest BCUT2D eigenvalue weighted by molar-refractivity contribution is -0.0512. The van der Waals surface area contributed by atoms with Crippen molar-refractivity contribution in [3.05, 3.63) is 53.8 Å². The lowest BCUT2D eigenvalue weighted by atomic mass is 10.1. The quantitative estimate of drug-likeness (QED) is 0.637. The van der Waals surface area contributed by atoms with Gasteiger partial charge in [-0.25, -0.2) is 4.39 Å². The Hall–Kier alpha value is -2.70. The first-order chi connectivity index (χ1) is 11.0. The van der Waals surface area contributed by atoms with Crippen LogP contribution in [0, 0.1) is 5.82 Å². The lowest BCUT2D eigenvalue weighted by Gasteiger charge is -2.11. The van der Waals surface area contributed by atoms with E-state index < -0.39 is 6.61 Å². The monoisotopic (exact) mass is 324 g/mol. The Morgan fingerprint density at radius 2 is 1.78 bits per heavy atom. The second kappa shape index (κ2) is 7.53. The Kier molecular flexibility index (Phi) is 5.46. The SMILES string of the molecule is COc1cc(/C(C)=N\Nc2ccc(F)cc2)ccc1OC(F)F. The maximum absolute atomic E-state index is 12.8. The highest BCUT2D eigenvalue weighted by molar-refractivity contribution is 5.99. The van der Waals surface area contributed by atoms with Crippen molar-refractivity contribution in [2.45, 2.75) is 13.5 Å². The average molecular weight is 324 g/mol. The van der Waals surface area contributed by atoms with Gasteiger partial charge in [-0.1, -0.05) is 0 Å². The summed E-state index contributed by atoms with van der Waals surface area (Å²) in [6, 6.07) is 10.2. The highest BCUT2D eigenvalue weighted by atomic mass is 19.3. The van der Waals surface area contributed by atoms with E-state index in [-0.39, 0.29) is 17.3 Å². The normalized spacial score (nSPS) is 11.5. The molecule has 0 radical (unpaired) electrons. The number of nitrogens with one attached hydrogen (secondary N) is 1. The number of methoxy groups -OCH3 is 1. The summed E-state index contributed by atoms with van der Waals surface area (Å²) in [6.07, 6.45) is 0. The molecule has 0 saturated carbocycles. The molecular formula is C16H15F3N2O2. The summed E-state index contributed by atoms with van der Waals surface area (Å²) in [5, 5.41) is 4.16. The number of hydrazone groups is 1. The molecule has 4 nitrogen and oxygen atoms in total. The predicted molar refractivity (Wildman–Crippen MR) is 81.9 cm³/mol. The van der Waals surface area contributed by atoms with Crippen LogP contribution in [-0.2, 0) is 0 Å². The van der Waals surface area contributed by atoms with E-state index in [4.69, 9.17) is 4.74 Å². The van der Waals surface area contributed by atoms with Gasteiger partial charge in [0.05, 0.1) is 18.5 Å². The third kappa shape index (κ3) is 4.64. The van der Waals surface area contributed by atoms with Crippen LogP contribution in [0.25, 0.3) is 0 Å². The maximum atomic E-state index is 12.8. The summed E-state index contributed by atoms with van der Waals surface area (Å²) < 4.78 is 46.8. The van der Waals surface area contributed by atoms with Crippen LogP contribution in [0.15, 0.2) is 47.6 Å². The smallest absolute Gasteiger partial charge is 0.387 e. The zero-order valence-corrected chi connectivity index (χ0v) is 12.5. The summed E-state index contributed by atoms with van der Waals surface area (Å²) in [5.41, 5.74) is 4.66. The van der Waals surface area contributed by atoms with Gasteiger partial charge in [0.2, 0.25) is 0 Å². The van der Waals surface area contributed by atoms with Crippen molar-refractivity contribution >= 4 is 11.4 Å². The molecule has 0 amide bonds. The second-order valence-corrected chi connectivity index (χ2v) is 4.56. The fourth-order valence-corrected chi connectivity index (χ4v) is 1.82. The van der Waals surface area contributed by atoms with Crippen molar-refractivity contribution < 1.29 is 22.6 Å². The molecule has 7 heteroatoms. The van der Waals surface area contributed by atoms with Crippen molar-refractivity contribution in [2.75, 3.05) is 12.5 Å². The third-order valence-corrected chi connectivity index (χ3v) is 2.99. The molecule has 0 aromatic heterocycles. The van der Waals surface area contributed by atoms with Gasteiger partial charge in [0.25, 0.3) is 0 Å². The van der Waals surface area contributed by atoms with Gasteiger partial charge in [-0.3, -0.25) is 5.43 Å². The number of nitrogens with zero attached hydrogens (tertiary/aromatic N) is 1. The average Bonchev–Trinajstić information content (AvgIpc) is 2.54. The van der Waals surface area contributed by atoms with Gasteiger partial charge in [-0.2, -0.15) is 13.9 Å². The first kappa shape index (κ1) is 16.7. The summed E-state index contributed by atoms with van der Waals surface area (Å²) in [6.45, 7) is -1.19. The molecule has 0 bridgehead atoms. The topological polar surface area (TPSA) is 42.8 Å². The Morgan fingerprint density at radius 3 is 2.39 bits per heavy atom. The molecule has 0 saturated heterocycles.